The summed E-state index contributed by atoms with van der Waals surface area (Å²) in [5.41, 5.74) is 9.32. The fraction of sp³-hybridized carbons (Fsp3) is 0.154. The van der Waals surface area contributed by atoms with E-state index in [9.17, 15) is 55.6 Å². The molecule has 0 spiro atoms. The van der Waals surface area contributed by atoms with Gasteiger partial charge in [-0.15, -0.1) is 20.5 Å². The number of benzene rings is 4. The monoisotopic (exact) mass is 746 g/mol. The SMILES string of the molecule is Nc1ccc2cc(S(O)(O)O)c(N=Nc3cc(OCCO)c(N=Nc4cc(S(O)(O)O)c(N)cc4S(=O)(=O)O)cc3OCCO)c(O)c2c1. The summed E-state index contributed by atoms with van der Waals surface area (Å²) in [6.07, 6.45) is 0. The van der Waals surface area contributed by atoms with Gasteiger partial charge in [0.05, 0.1) is 28.7 Å². The maximum Gasteiger partial charge on any atom is 0.296 e. The Morgan fingerprint density at radius 1 is 0.633 bits per heavy atom. The molecule has 0 aliphatic carbocycles. The first-order valence-corrected chi connectivity index (χ1v) is 17.8. The van der Waals surface area contributed by atoms with Crippen molar-refractivity contribution in [2.24, 2.45) is 20.5 Å². The first-order chi connectivity index (χ1) is 22.8. The summed E-state index contributed by atoms with van der Waals surface area (Å²) >= 11 is 0. The number of hydrogen-bond acceptors (Lipinski definition) is 19. The zero-order valence-corrected chi connectivity index (χ0v) is 27.2. The van der Waals surface area contributed by atoms with Crippen molar-refractivity contribution in [1.29, 1.82) is 0 Å². The number of phenols is 1. The first kappa shape index (κ1) is 37.4. The molecule has 0 saturated carbocycles. The molecular weight excluding hydrogens is 717 g/mol. The van der Waals surface area contributed by atoms with Crippen molar-refractivity contribution in [1.82, 2.24) is 0 Å². The van der Waals surface area contributed by atoms with Crippen molar-refractivity contribution in [3.8, 4) is 17.2 Å². The van der Waals surface area contributed by atoms with Crippen molar-refractivity contribution in [3.63, 3.8) is 0 Å². The molecule has 0 radical (unpaired) electrons. The summed E-state index contributed by atoms with van der Waals surface area (Å²) in [5.74, 6) is -1.06. The molecule has 266 valence electrons. The molecule has 0 aliphatic rings. The van der Waals surface area contributed by atoms with Crippen LogP contribution in [0.5, 0.6) is 17.2 Å². The van der Waals surface area contributed by atoms with Crippen LogP contribution in [0.4, 0.5) is 34.1 Å². The first-order valence-electron chi connectivity index (χ1n) is 13.3. The van der Waals surface area contributed by atoms with E-state index in [4.69, 9.17) is 20.9 Å². The highest BCUT2D eigenvalue weighted by Crippen LogP contribution is 2.55. The quantitative estimate of drug-likeness (QED) is 0.0443. The summed E-state index contributed by atoms with van der Waals surface area (Å²) in [4.78, 5) is -2.25. The third kappa shape index (κ3) is 8.81. The molecule has 23 heteroatoms. The lowest BCUT2D eigenvalue weighted by Crippen LogP contribution is -2.05. The van der Waals surface area contributed by atoms with Gasteiger partial charge in [0, 0.05) is 23.2 Å². The molecule has 0 atom stereocenters. The maximum atomic E-state index is 12.0. The van der Waals surface area contributed by atoms with Gasteiger partial charge in [0.25, 0.3) is 10.1 Å². The van der Waals surface area contributed by atoms with E-state index in [2.05, 4.69) is 20.5 Å². The highest BCUT2D eigenvalue weighted by molar-refractivity contribution is 8.19. The van der Waals surface area contributed by atoms with E-state index in [1.165, 1.54) is 18.2 Å². The van der Waals surface area contributed by atoms with E-state index in [1.54, 1.807) is 0 Å². The highest BCUT2D eigenvalue weighted by Gasteiger charge is 2.27. The molecule has 0 aromatic heterocycles. The fourth-order valence-electron chi connectivity index (χ4n) is 4.20. The third-order valence-electron chi connectivity index (χ3n) is 6.30. The van der Waals surface area contributed by atoms with Gasteiger partial charge >= 0.3 is 0 Å². The fourth-order valence-corrected chi connectivity index (χ4v) is 6.17. The van der Waals surface area contributed by atoms with Gasteiger partial charge in [0.15, 0.2) is 5.75 Å². The lowest BCUT2D eigenvalue weighted by molar-refractivity contribution is 0.198. The predicted molar refractivity (Wildman–Crippen MR) is 178 cm³/mol. The molecule has 0 bridgehead atoms. The average molecular weight is 747 g/mol. The number of nitrogens with two attached hydrogens (primary N) is 2. The second-order valence-electron chi connectivity index (χ2n) is 9.75. The second kappa shape index (κ2) is 14.6. The van der Waals surface area contributed by atoms with Crippen molar-refractivity contribution < 1.29 is 65.1 Å². The van der Waals surface area contributed by atoms with Crippen LogP contribution in [0.2, 0.25) is 0 Å². The normalized spacial score (nSPS) is 13.4. The molecule has 0 unspecified atom stereocenters. The van der Waals surface area contributed by atoms with E-state index in [-0.39, 0.29) is 52.5 Å². The zero-order valence-electron chi connectivity index (χ0n) is 24.7. The van der Waals surface area contributed by atoms with Crippen LogP contribution in [0.1, 0.15) is 0 Å². The Morgan fingerprint density at radius 3 is 1.67 bits per heavy atom. The summed E-state index contributed by atoms with van der Waals surface area (Å²) in [5, 5.41) is 45.7. The molecular formula is C26H30N6O14S3. The molecule has 4 aromatic rings. The van der Waals surface area contributed by atoms with Gasteiger partial charge < -0.3 is 63.6 Å². The number of fused-ring (bicyclic) bond motifs is 1. The molecule has 0 aliphatic heterocycles. The van der Waals surface area contributed by atoms with E-state index in [1.807, 2.05) is 0 Å². The molecule has 0 heterocycles. The second-order valence-corrected chi connectivity index (χ2v) is 14.1. The smallest absolute Gasteiger partial charge is 0.296 e. The van der Waals surface area contributed by atoms with Gasteiger partial charge in [-0.1, -0.05) is 6.07 Å². The molecule has 0 amide bonds. The van der Waals surface area contributed by atoms with Crippen LogP contribution in [0.25, 0.3) is 10.8 Å². The Kier molecular flexibility index (Phi) is 11.2. The molecule has 49 heavy (non-hydrogen) atoms. The predicted octanol–water partition coefficient (Wildman–Crippen LogP) is 5.69. The Hall–Kier alpha value is -4.37. The summed E-state index contributed by atoms with van der Waals surface area (Å²) in [6, 6.07) is 8.94. The van der Waals surface area contributed by atoms with E-state index >= 15 is 0 Å². The lowest BCUT2D eigenvalue weighted by Gasteiger charge is -2.22. The summed E-state index contributed by atoms with van der Waals surface area (Å²) in [6.45, 7) is -1.68. The summed E-state index contributed by atoms with van der Waals surface area (Å²) in [7, 11) is -14.0. The standard InChI is InChI=1S/C26H30N6O14S3/c27-14-2-1-13-7-24(49(42,43)44)25(26(35)15(13)8-14)32-30-18-11-20(45-5-3-33)17(10-21(18)46-6-4-34)29-31-19-12-22(47(36,37)38)16(28)9-23(19)48(39,40)41/h1-2,7-12,33-38,42-44H,3-6,27-28H2,(H,39,40,41). The van der Waals surface area contributed by atoms with Crippen molar-refractivity contribution in [3.05, 3.63) is 48.5 Å². The Labute approximate surface area is 280 Å². The molecule has 0 fully saturated rings. The third-order valence-corrected chi connectivity index (χ3v) is 9.03. The van der Waals surface area contributed by atoms with E-state index < -0.39 is 82.6 Å². The van der Waals surface area contributed by atoms with Crippen molar-refractivity contribution in [2.75, 3.05) is 37.9 Å². The van der Waals surface area contributed by atoms with Crippen molar-refractivity contribution >= 4 is 76.8 Å². The van der Waals surface area contributed by atoms with Gasteiger partial charge in [-0.3, -0.25) is 4.55 Å². The average Bonchev–Trinajstić information content (AvgIpc) is 3.00. The van der Waals surface area contributed by atoms with Gasteiger partial charge in [0.1, 0.15) is 74.1 Å². The van der Waals surface area contributed by atoms with Crippen LogP contribution >= 0.6 is 21.7 Å². The zero-order chi connectivity index (χ0) is 36.3. The molecule has 14 N–H and O–H groups in total. The Bertz CT molecular complexity index is 2050. The number of azo groups is 2. The number of anilines is 2. The number of phenolic OH excluding ortho intramolecular Hbond substituents is 1. The minimum atomic E-state index is -5.03. The van der Waals surface area contributed by atoms with Gasteiger partial charge in [-0.05, 0) is 35.7 Å². The van der Waals surface area contributed by atoms with Crippen LogP contribution in [0, 0.1) is 0 Å². The van der Waals surface area contributed by atoms with Crippen molar-refractivity contribution in [2.45, 2.75) is 14.7 Å². The maximum absolute atomic E-state index is 12.0. The number of ether oxygens (including phenoxy) is 2. The largest absolute Gasteiger partial charge is 0.505 e. The molecule has 4 rings (SSSR count). The van der Waals surface area contributed by atoms with Gasteiger partial charge in [-0.2, -0.15) is 8.42 Å². The number of aliphatic hydroxyl groups excluding tert-OH is 2. The van der Waals surface area contributed by atoms with Crippen LogP contribution < -0.4 is 20.9 Å². The number of rotatable bonds is 13. The number of aliphatic hydroxyl groups is 2. The van der Waals surface area contributed by atoms with Gasteiger partial charge in [-0.25, -0.2) is 0 Å². The van der Waals surface area contributed by atoms with Crippen LogP contribution in [0.3, 0.4) is 0 Å². The van der Waals surface area contributed by atoms with Gasteiger partial charge in [0.2, 0.25) is 0 Å². The Morgan fingerprint density at radius 2 is 1.16 bits per heavy atom. The Balaban J connectivity index is 1.91. The molecule has 20 nitrogen and oxygen atoms in total. The van der Waals surface area contributed by atoms with Crippen LogP contribution in [-0.4, -0.2) is 82.0 Å². The van der Waals surface area contributed by atoms with Crippen LogP contribution in [0.15, 0.2) is 83.7 Å². The molecule has 4 aromatic carbocycles. The van der Waals surface area contributed by atoms with Crippen LogP contribution in [-0.2, 0) is 10.1 Å². The lowest BCUT2D eigenvalue weighted by atomic mass is 10.1. The number of hydrogen-bond donors (Lipinski definition) is 12. The van der Waals surface area contributed by atoms with E-state index in [0.29, 0.717) is 12.1 Å². The highest BCUT2D eigenvalue weighted by atomic mass is 32.3. The number of nitrogens with zero attached hydrogens (tertiary/aromatic N) is 4. The van der Waals surface area contributed by atoms with E-state index in [0.717, 1.165) is 18.2 Å². The summed E-state index contributed by atoms with van der Waals surface area (Å²) < 4.78 is 104. The number of nitrogen functional groups attached to an aromatic ring is 2. The molecule has 0 saturated heterocycles. The number of aromatic hydroxyl groups is 1. The minimum absolute atomic E-state index is 0.123. The minimum Gasteiger partial charge on any atom is -0.505 e. The topological polar surface area (TPSA) is 356 Å².